The van der Waals surface area contributed by atoms with Gasteiger partial charge in [0.15, 0.2) is 0 Å². The lowest BCUT2D eigenvalue weighted by molar-refractivity contribution is 0.337. The maximum Gasteiger partial charge on any atom is 0.141 e. The molecule has 2 aromatic heterocycles. The van der Waals surface area contributed by atoms with E-state index in [1.807, 2.05) is 35.1 Å². The molecule has 3 aromatic carbocycles. The molecule has 0 aliphatic carbocycles. The summed E-state index contributed by atoms with van der Waals surface area (Å²) >= 11 is 18.9. The first kappa shape index (κ1) is 28.2. The van der Waals surface area contributed by atoms with E-state index in [-0.39, 0.29) is 16.6 Å². The number of hydrogen-bond acceptors (Lipinski definition) is 7. The molecule has 1 saturated heterocycles. The Balaban J connectivity index is 1.43. The van der Waals surface area contributed by atoms with E-state index in [1.165, 1.54) is 18.3 Å². The molecule has 0 saturated carbocycles. The van der Waals surface area contributed by atoms with Crippen molar-refractivity contribution in [1.82, 2.24) is 25.3 Å². The van der Waals surface area contributed by atoms with Crippen molar-refractivity contribution in [3.05, 3.63) is 105 Å². The second kappa shape index (κ2) is 12.1. The van der Waals surface area contributed by atoms with Crippen LogP contribution in [0.3, 0.4) is 0 Å². The van der Waals surface area contributed by atoms with Gasteiger partial charge in [0.2, 0.25) is 0 Å². The average molecular weight is 622 g/mol. The fourth-order valence-corrected chi connectivity index (χ4v) is 5.65. The van der Waals surface area contributed by atoms with Crippen LogP contribution < -0.4 is 16.0 Å². The molecule has 1 atom stereocenters. The lowest BCUT2D eigenvalue weighted by Crippen LogP contribution is -2.29. The Bertz CT molecular complexity index is 1800. The van der Waals surface area contributed by atoms with Gasteiger partial charge in [0.25, 0.3) is 0 Å². The zero-order chi connectivity index (χ0) is 29.2. The minimum Gasteiger partial charge on any atom is -0.371 e. The van der Waals surface area contributed by atoms with Crippen molar-refractivity contribution in [3.8, 4) is 6.07 Å². The number of nitrogens with one attached hydrogen (secondary N) is 3. The first-order chi connectivity index (χ1) is 20.4. The Morgan fingerprint density at radius 1 is 1.02 bits per heavy atom. The summed E-state index contributed by atoms with van der Waals surface area (Å²) < 4.78 is 15.7. The number of piperidine rings is 1. The average Bonchev–Trinajstić information content (AvgIpc) is 3.49. The monoisotopic (exact) mass is 620 g/mol. The molecule has 3 N–H and O–H groups in total. The fourth-order valence-electron chi connectivity index (χ4n) is 5.13. The molecule has 0 radical (unpaired) electrons. The minimum atomic E-state index is -0.540. The van der Waals surface area contributed by atoms with Gasteiger partial charge in [-0.05, 0) is 74.0 Å². The molecule has 1 fully saturated rings. The summed E-state index contributed by atoms with van der Waals surface area (Å²) in [6.07, 6.45) is 5.41. The molecular formula is C30H24Cl3FN8. The van der Waals surface area contributed by atoms with Crippen LogP contribution in [0.1, 0.15) is 41.7 Å². The van der Waals surface area contributed by atoms with Crippen molar-refractivity contribution >= 4 is 62.8 Å². The van der Waals surface area contributed by atoms with Gasteiger partial charge < -0.3 is 16.0 Å². The number of hydrogen-bond donors (Lipinski definition) is 3. The quantitative estimate of drug-likeness (QED) is 0.171. The van der Waals surface area contributed by atoms with Gasteiger partial charge in [0, 0.05) is 27.3 Å². The summed E-state index contributed by atoms with van der Waals surface area (Å²) in [6, 6.07) is 17.3. The van der Waals surface area contributed by atoms with E-state index >= 15 is 0 Å². The smallest absolute Gasteiger partial charge is 0.141 e. The van der Waals surface area contributed by atoms with E-state index in [4.69, 9.17) is 34.8 Å². The van der Waals surface area contributed by atoms with E-state index in [0.717, 1.165) is 37.2 Å². The van der Waals surface area contributed by atoms with Crippen LogP contribution >= 0.6 is 34.8 Å². The van der Waals surface area contributed by atoms with Crippen molar-refractivity contribution in [2.75, 3.05) is 23.7 Å². The van der Waals surface area contributed by atoms with Crippen molar-refractivity contribution in [3.63, 3.8) is 0 Å². The summed E-state index contributed by atoms with van der Waals surface area (Å²) in [4.78, 5) is 4.62. The third-order valence-electron chi connectivity index (χ3n) is 7.26. The highest BCUT2D eigenvalue weighted by molar-refractivity contribution is 6.32. The third-order valence-corrected chi connectivity index (χ3v) is 8.02. The molecule has 212 valence electrons. The van der Waals surface area contributed by atoms with E-state index < -0.39 is 11.9 Å². The zero-order valence-corrected chi connectivity index (χ0v) is 24.3. The van der Waals surface area contributed by atoms with Crippen LogP contribution in [0.25, 0.3) is 10.9 Å². The van der Waals surface area contributed by atoms with Crippen LogP contribution in [0.2, 0.25) is 15.1 Å². The predicted molar refractivity (Wildman–Crippen MR) is 164 cm³/mol. The maximum absolute atomic E-state index is 13.8. The SMILES string of the molecule is N#Cc1cnc2c(N[C@@H](c3ccc(Cl)cc3)c3cn(C4CCNCC4)nn3)cc(Cl)cc2c1Nc1ccc(F)c(Cl)c1. The fraction of sp³-hybridized carbons (Fsp3) is 0.200. The second-order valence-electron chi connectivity index (χ2n) is 10.00. The van der Waals surface area contributed by atoms with Gasteiger partial charge in [-0.1, -0.05) is 52.1 Å². The number of halogens is 4. The Labute approximate surface area is 256 Å². The number of pyridine rings is 1. The van der Waals surface area contributed by atoms with Gasteiger partial charge in [-0.2, -0.15) is 5.26 Å². The van der Waals surface area contributed by atoms with Crippen LogP contribution in [-0.4, -0.2) is 33.1 Å². The Kier molecular flexibility index (Phi) is 8.13. The first-order valence-electron chi connectivity index (χ1n) is 13.3. The Hall–Kier alpha value is -3.94. The van der Waals surface area contributed by atoms with Gasteiger partial charge in [0.1, 0.15) is 17.6 Å². The zero-order valence-electron chi connectivity index (χ0n) is 22.1. The molecule has 0 bridgehead atoms. The van der Waals surface area contributed by atoms with Crippen molar-refractivity contribution in [2.45, 2.75) is 24.9 Å². The Morgan fingerprint density at radius 3 is 2.55 bits per heavy atom. The topological polar surface area (TPSA) is 103 Å². The van der Waals surface area contributed by atoms with Gasteiger partial charge in [-0.3, -0.25) is 4.98 Å². The molecule has 5 aromatic rings. The summed E-state index contributed by atoms with van der Waals surface area (Å²) in [6.45, 7) is 1.87. The molecule has 42 heavy (non-hydrogen) atoms. The molecule has 1 aliphatic heterocycles. The molecule has 3 heterocycles. The molecular weight excluding hydrogens is 598 g/mol. The highest BCUT2D eigenvalue weighted by Crippen LogP contribution is 2.38. The predicted octanol–water partition coefficient (Wildman–Crippen LogP) is 7.67. The molecule has 8 nitrogen and oxygen atoms in total. The van der Waals surface area contributed by atoms with Crippen LogP contribution in [0.5, 0.6) is 0 Å². The largest absolute Gasteiger partial charge is 0.371 e. The van der Waals surface area contributed by atoms with E-state index in [9.17, 15) is 9.65 Å². The number of aromatic nitrogens is 4. The minimum absolute atomic E-state index is 0.0411. The number of anilines is 3. The molecule has 6 rings (SSSR count). The molecule has 0 unspecified atom stereocenters. The van der Waals surface area contributed by atoms with Crippen LogP contribution in [0.15, 0.2) is 67.0 Å². The number of fused-ring (bicyclic) bond motifs is 1. The van der Waals surface area contributed by atoms with Gasteiger partial charge in [-0.15, -0.1) is 5.10 Å². The highest BCUT2D eigenvalue weighted by atomic mass is 35.5. The molecule has 12 heteroatoms. The lowest BCUT2D eigenvalue weighted by Gasteiger charge is -2.23. The molecule has 0 amide bonds. The van der Waals surface area contributed by atoms with Crippen LogP contribution in [0, 0.1) is 17.1 Å². The van der Waals surface area contributed by atoms with Gasteiger partial charge in [0.05, 0.1) is 45.8 Å². The second-order valence-corrected chi connectivity index (χ2v) is 11.3. The number of nitriles is 1. The maximum atomic E-state index is 13.8. The van der Waals surface area contributed by atoms with E-state index in [0.29, 0.717) is 38.0 Å². The number of nitrogens with zero attached hydrogens (tertiary/aromatic N) is 5. The summed E-state index contributed by atoms with van der Waals surface area (Å²) in [7, 11) is 0. The van der Waals surface area contributed by atoms with Crippen molar-refractivity contribution in [2.24, 2.45) is 0 Å². The first-order valence-corrected chi connectivity index (χ1v) is 14.4. The normalized spacial score (nSPS) is 14.5. The van der Waals surface area contributed by atoms with Crippen LogP contribution in [0.4, 0.5) is 21.5 Å². The van der Waals surface area contributed by atoms with Crippen LogP contribution in [-0.2, 0) is 0 Å². The van der Waals surface area contributed by atoms with E-state index in [2.05, 4.69) is 37.3 Å². The molecule has 1 aliphatic rings. The van der Waals surface area contributed by atoms with Crippen molar-refractivity contribution < 1.29 is 4.39 Å². The third kappa shape index (κ3) is 5.85. The Morgan fingerprint density at radius 2 is 1.81 bits per heavy atom. The lowest BCUT2D eigenvalue weighted by atomic mass is 10.0. The number of rotatable bonds is 7. The highest BCUT2D eigenvalue weighted by Gasteiger charge is 2.23. The van der Waals surface area contributed by atoms with Crippen molar-refractivity contribution in [1.29, 1.82) is 5.26 Å². The summed E-state index contributed by atoms with van der Waals surface area (Å²) in [5, 5.41) is 30.7. The standard InChI is InChI=1S/C30H24Cl3FN8/c31-19-3-1-17(2-4-19)29(27-16-42(41-40-27)22-7-9-36-10-8-22)39-26-12-20(32)11-23-28(18(14-35)15-37-30(23)26)38-21-5-6-25(34)24(33)13-21/h1-6,11-13,15-16,22,29,36,39H,7-10H2,(H,37,38)/t29-/m0/s1. The van der Waals surface area contributed by atoms with Gasteiger partial charge >= 0.3 is 0 Å². The summed E-state index contributed by atoms with van der Waals surface area (Å²) in [5.74, 6) is -0.540. The molecule has 0 spiro atoms. The summed E-state index contributed by atoms with van der Waals surface area (Å²) in [5.41, 5.74) is 4.09. The van der Waals surface area contributed by atoms with E-state index in [1.54, 1.807) is 18.2 Å². The number of benzene rings is 3. The van der Waals surface area contributed by atoms with Gasteiger partial charge in [-0.25, -0.2) is 9.07 Å².